The molecule has 1 N–H and O–H groups in total. The van der Waals surface area contributed by atoms with Crippen molar-refractivity contribution in [2.24, 2.45) is 0 Å². The van der Waals surface area contributed by atoms with Crippen LogP contribution < -0.4 is 5.32 Å². The average Bonchev–Trinajstić information content (AvgIpc) is 3.22. The van der Waals surface area contributed by atoms with E-state index < -0.39 is 0 Å². The van der Waals surface area contributed by atoms with Crippen molar-refractivity contribution < 1.29 is 0 Å². The molecule has 2 aliphatic rings. The summed E-state index contributed by atoms with van der Waals surface area (Å²) in [4.78, 5) is 2.70. The summed E-state index contributed by atoms with van der Waals surface area (Å²) < 4.78 is 0. The topological polar surface area (TPSA) is 15.3 Å². The third kappa shape index (κ3) is 3.49. The van der Waals surface area contributed by atoms with E-state index >= 15 is 0 Å². The number of benzene rings is 1. The molecule has 2 nitrogen and oxygen atoms in total. The number of aryl methyl sites for hydroxylation is 3. The van der Waals surface area contributed by atoms with Crippen molar-refractivity contribution in [3.05, 3.63) is 34.4 Å². The molecule has 0 spiro atoms. The second-order valence-corrected chi connectivity index (χ2v) is 7.24. The van der Waals surface area contributed by atoms with Crippen LogP contribution in [0.25, 0.3) is 0 Å². The van der Waals surface area contributed by atoms with Crippen LogP contribution in [0.3, 0.4) is 0 Å². The van der Waals surface area contributed by atoms with Crippen LogP contribution >= 0.6 is 0 Å². The zero-order valence-corrected chi connectivity index (χ0v) is 14.1. The van der Waals surface area contributed by atoms with Crippen LogP contribution in [0.1, 0.15) is 60.9 Å². The lowest BCUT2D eigenvalue weighted by Gasteiger charge is -2.34. The summed E-state index contributed by atoms with van der Waals surface area (Å²) in [7, 11) is 0. The summed E-state index contributed by atoms with van der Waals surface area (Å²) in [5.74, 6) is 0. The molecule has 3 rings (SSSR count). The van der Waals surface area contributed by atoms with Gasteiger partial charge in [-0.1, -0.05) is 17.7 Å². The summed E-state index contributed by atoms with van der Waals surface area (Å²) in [6.07, 6.45) is 5.50. The third-order valence-corrected chi connectivity index (χ3v) is 5.25. The van der Waals surface area contributed by atoms with Gasteiger partial charge in [-0.25, -0.2) is 0 Å². The molecule has 1 aromatic carbocycles. The number of nitrogens with one attached hydrogen (secondary N) is 1. The first-order valence-electron chi connectivity index (χ1n) is 8.62. The lowest BCUT2D eigenvalue weighted by Crippen LogP contribution is -2.44. The number of hydrogen-bond donors (Lipinski definition) is 1. The molecule has 1 aliphatic heterocycles. The zero-order valence-electron chi connectivity index (χ0n) is 14.1. The highest BCUT2D eigenvalue weighted by Gasteiger charge is 2.32. The first-order chi connectivity index (χ1) is 10.0. The maximum atomic E-state index is 3.89. The van der Waals surface area contributed by atoms with E-state index in [0.29, 0.717) is 12.1 Å². The van der Waals surface area contributed by atoms with Crippen molar-refractivity contribution in [1.82, 2.24) is 10.2 Å². The number of nitrogens with zero attached hydrogens (tertiary/aromatic N) is 1. The molecule has 0 bridgehead atoms. The summed E-state index contributed by atoms with van der Waals surface area (Å²) in [6, 6.07) is 6.72. The quantitative estimate of drug-likeness (QED) is 0.903. The molecule has 1 heterocycles. The van der Waals surface area contributed by atoms with Gasteiger partial charge < -0.3 is 10.2 Å². The van der Waals surface area contributed by atoms with E-state index in [1.807, 2.05) is 0 Å². The molecule has 1 unspecified atom stereocenters. The average molecular weight is 286 g/mol. The molecule has 2 fully saturated rings. The number of hydrogen-bond acceptors (Lipinski definition) is 2. The fourth-order valence-corrected chi connectivity index (χ4v) is 4.18. The van der Waals surface area contributed by atoms with Gasteiger partial charge in [0.1, 0.15) is 0 Å². The van der Waals surface area contributed by atoms with Crippen LogP contribution in [-0.4, -0.2) is 30.1 Å². The number of rotatable bonds is 4. The molecule has 0 radical (unpaired) electrons. The fourth-order valence-electron chi connectivity index (χ4n) is 4.18. The molecule has 21 heavy (non-hydrogen) atoms. The minimum Gasteiger partial charge on any atom is -0.307 e. The van der Waals surface area contributed by atoms with Gasteiger partial charge in [0.25, 0.3) is 0 Å². The van der Waals surface area contributed by atoms with Gasteiger partial charge in [0.05, 0.1) is 0 Å². The van der Waals surface area contributed by atoms with Gasteiger partial charge in [-0.05, 0) is 83.2 Å². The highest BCUT2D eigenvalue weighted by Crippen LogP contribution is 2.30. The Bertz CT molecular complexity index is 473. The first kappa shape index (κ1) is 15.1. The van der Waals surface area contributed by atoms with Crippen molar-refractivity contribution in [3.8, 4) is 0 Å². The van der Waals surface area contributed by atoms with Gasteiger partial charge in [0, 0.05) is 18.1 Å². The van der Waals surface area contributed by atoms with E-state index in [1.54, 1.807) is 0 Å². The Hall–Kier alpha value is -0.860. The number of likely N-dealkylation sites (tertiary alicyclic amines) is 1. The second kappa shape index (κ2) is 6.10. The molecule has 2 heteroatoms. The minimum atomic E-state index is 0.461. The van der Waals surface area contributed by atoms with Crippen LogP contribution in [-0.2, 0) is 0 Å². The smallest absolute Gasteiger partial charge is 0.0299 e. The monoisotopic (exact) mass is 286 g/mol. The molecule has 1 saturated heterocycles. The molecular formula is C19H30N2. The van der Waals surface area contributed by atoms with Gasteiger partial charge in [0.15, 0.2) is 0 Å². The normalized spacial score (nSPS) is 22.5. The van der Waals surface area contributed by atoms with Crippen LogP contribution in [0.2, 0.25) is 0 Å². The van der Waals surface area contributed by atoms with E-state index in [-0.39, 0.29) is 0 Å². The van der Waals surface area contributed by atoms with Gasteiger partial charge in [0.2, 0.25) is 0 Å². The molecular weight excluding hydrogens is 256 g/mol. The predicted octanol–water partition coefficient (Wildman–Crippen LogP) is 3.89. The maximum absolute atomic E-state index is 3.89. The lowest BCUT2D eigenvalue weighted by atomic mass is 9.93. The standard InChI is InChI=1S/C19H30N2/c1-13-11-14(2)19(15(3)12-13)16(4)20-17-7-9-21(10-8-17)18-5-6-18/h11-12,16-18,20H,5-10H2,1-4H3. The largest absolute Gasteiger partial charge is 0.307 e. The van der Waals surface area contributed by atoms with E-state index in [0.717, 1.165) is 6.04 Å². The highest BCUT2D eigenvalue weighted by molar-refractivity contribution is 5.39. The Balaban J connectivity index is 1.60. The second-order valence-electron chi connectivity index (χ2n) is 7.24. The van der Waals surface area contributed by atoms with Crippen molar-refractivity contribution in [3.63, 3.8) is 0 Å². The van der Waals surface area contributed by atoms with Crippen LogP contribution in [0, 0.1) is 20.8 Å². The number of piperidine rings is 1. The van der Waals surface area contributed by atoms with Crippen LogP contribution in [0.15, 0.2) is 12.1 Å². The molecule has 116 valence electrons. The van der Waals surface area contributed by atoms with E-state index in [4.69, 9.17) is 0 Å². The lowest BCUT2D eigenvalue weighted by molar-refractivity contribution is 0.184. The van der Waals surface area contributed by atoms with Crippen molar-refractivity contribution in [2.75, 3.05) is 13.1 Å². The molecule has 1 aliphatic carbocycles. The summed E-state index contributed by atoms with van der Waals surface area (Å²) in [5, 5.41) is 3.89. The Morgan fingerprint density at radius 1 is 1.00 bits per heavy atom. The van der Waals surface area contributed by atoms with Crippen LogP contribution in [0.5, 0.6) is 0 Å². The van der Waals surface area contributed by atoms with Crippen molar-refractivity contribution in [2.45, 2.75) is 71.5 Å². The Morgan fingerprint density at radius 3 is 2.10 bits per heavy atom. The maximum Gasteiger partial charge on any atom is 0.0299 e. The molecule has 1 atom stereocenters. The Morgan fingerprint density at radius 2 is 1.57 bits per heavy atom. The molecule has 1 aromatic rings. The van der Waals surface area contributed by atoms with E-state index in [2.05, 4.69) is 50.0 Å². The Kier molecular flexibility index (Phi) is 4.37. The SMILES string of the molecule is Cc1cc(C)c(C(C)NC2CCN(C3CC3)CC2)c(C)c1. The molecule has 1 saturated carbocycles. The summed E-state index contributed by atoms with van der Waals surface area (Å²) in [6.45, 7) is 11.6. The van der Waals surface area contributed by atoms with E-state index in [1.165, 1.54) is 61.0 Å². The fraction of sp³-hybridized carbons (Fsp3) is 0.684. The van der Waals surface area contributed by atoms with Crippen LogP contribution in [0.4, 0.5) is 0 Å². The van der Waals surface area contributed by atoms with Gasteiger partial charge in [-0.15, -0.1) is 0 Å². The summed E-state index contributed by atoms with van der Waals surface area (Å²) in [5.41, 5.74) is 5.75. The molecule has 0 amide bonds. The van der Waals surface area contributed by atoms with E-state index in [9.17, 15) is 0 Å². The van der Waals surface area contributed by atoms with Gasteiger partial charge in [-0.3, -0.25) is 0 Å². The zero-order chi connectivity index (χ0) is 15.0. The van der Waals surface area contributed by atoms with Gasteiger partial charge in [-0.2, -0.15) is 0 Å². The predicted molar refractivity (Wildman–Crippen MR) is 89.8 cm³/mol. The first-order valence-corrected chi connectivity index (χ1v) is 8.62. The van der Waals surface area contributed by atoms with Gasteiger partial charge >= 0.3 is 0 Å². The summed E-state index contributed by atoms with van der Waals surface area (Å²) >= 11 is 0. The molecule has 0 aromatic heterocycles. The highest BCUT2D eigenvalue weighted by atomic mass is 15.2. The van der Waals surface area contributed by atoms with Crippen molar-refractivity contribution >= 4 is 0 Å². The third-order valence-electron chi connectivity index (χ3n) is 5.25. The Labute approximate surface area is 129 Å². The minimum absolute atomic E-state index is 0.461. The van der Waals surface area contributed by atoms with Crippen molar-refractivity contribution in [1.29, 1.82) is 0 Å².